The van der Waals surface area contributed by atoms with Crippen molar-refractivity contribution >= 4 is 10.0 Å². The van der Waals surface area contributed by atoms with Gasteiger partial charge in [0.05, 0.1) is 18.4 Å². The lowest BCUT2D eigenvalue weighted by Crippen LogP contribution is -2.29. The van der Waals surface area contributed by atoms with Crippen LogP contribution in [0.15, 0.2) is 29.7 Å². The molecule has 0 saturated carbocycles. The normalized spacial score (nSPS) is 13.6. The predicted molar refractivity (Wildman–Crippen MR) is 74.8 cm³/mol. The van der Waals surface area contributed by atoms with E-state index in [2.05, 4.69) is 14.9 Å². The van der Waals surface area contributed by atoms with Crippen LogP contribution in [0.25, 0.3) is 0 Å². The van der Waals surface area contributed by atoms with Crippen LogP contribution in [0, 0.1) is 6.92 Å². The Bertz CT molecular complexity index is 674. The molecule has 0 amide bonds. The van der Waals surface area contributed by atoms with Crippen molar-refractivity contribution in [3.8, 4) is 0 Å². The summed E-state index contributed by atoms with van der Waals surface area (Å²) in [5.41, 5.74) is 1.05. The molecule has 0 spiro atoms. The van der Waals surface area contributed by atoms with E-state index in [1.54, 1.807) is 15.6 Å². The fourth-order valence-corrected chi connectivity index (χ4v) is 2.81. The maximum atomic E-state index is 12.1. The standard InChI is InChI=1S/C12H19N5O2S/c1-4-16-9-12(7-13-16)20(18,19)15-6-11(3)17-8-10(2)5-14-17/h5,7-9,11,15H,4,6H2,1-3H3/t11-/m0/s1. The van der Waals surface area contributed by atoms with Gasteiger partial charge in [-0.2, -0.15) is 10.2 Å². The van der Waals surface area contributed by atoms with Crippen LogP contribution in [-0.2, 0) is 16.6 Å². The summed E-state index contributed by atoms with van der Waals surface area (Å²) in [5.74, 6) is 0. The molecule has 8 heteroatoms. The van der Waals surface area contributed by atoms with Gasteiger partial charge in [0, 0.05) is 25.5 Å². The highest BCUT2D eigenvalue weighted by molar-refractivity contribution is 7.89. The molecule has 0 radical (unpaired) electrons. The smallest absolute Gasteiger partial charge is 0.243 e. The van der Waals surface area contributed by atoms with Gasteiger partial charge < -0.3 is 0 Å². The van der Waals surface area contributed by atoms with Crippen molar-refractivity contribution in [3.05, 3.63) is 30.4 Å². The van der Waals surface area contributed by atoms with E-state index in [-0.39, 0.29) is 17.5 Å². The van der Waals surface area contributed by atoms with Crippen LogP contribution in [0.4, 0.5) is 0 Å². The summed E-state index contributed by atoms with van der Waals surface area (Å²) < 4.78 is 30.1. The second kappa shape index (κ2) is 5.76. The third kappa shape index (κ3) is 3.26. The van der Waals surface area contributed by atoms with Crippen molar-refractivity contribution in [1.29, 1.82) is 0 Å². The summed E-state index contributed by atoms with van der Waals surface area (Å²) in [4.78, 5) is 0.184. The lowest BCUT2D eigenvalue weighted by molar-refractivity contribution is 0.478. The minimum atomic E-state index is -3.52. The Morgan fingerprint density at radius 2 is 2.05 bits per heavy atom. The highest BCUT2D eigenvalue weighted by Gasteiger charge is 2.17. The molecule has 0 aliphatic carbocycles. The van der Waals surface area contributed by atoms with E-state index in [0.29, 0.717) is 6.54 Å². The average molecular weight is 297 g/mol. The number of hydrogen-bond acceptors (Lipinski definition) is 4. The third-order valence-electron chi connectivity index (χ3n) is 2.99. The Labute approximate surface area is 118 Å². The second-order valence-electron chi connectivity index (χ2n) is 4.73. The van der Waals surface area contributed by atoms with Crippen LogP contribution < -0.4 is 4.72 Å². The molecule has 110 valence electrons. The Balaban J connectivity index is 2.02. The molecule has 0 aromatic carbocycles. The molecule has 2 heterocycles. The van der Waals surface area contributed by atoms with Crippen molar-refractivity contribution in [3.63, 3.8) is 0 Å². The SMILES string of the molecule is CCn1cc(S(=O)(=O)NC[C@H](C)n2cc(C)cn2)cn1. The van der Waals surface area contributed by atoms with Gasteiger partial charge in [0.25, 0.3) is 0 Å². The summed E-state index contributed by atoms with van der Waals surface area (Å²) in [6.45, 7) is 6.67. The van der Waals surface area contributed by atoms with Gasteiger partial charge in [0.15, 0.2) is 0 Å². The maximum Gasteiger partial charge on any atom is 0.243 e. The Hall–Kier alpha value is -1.67. The molecule has 0 aliphatic rings. The molecule has 20 heavy (non-hydrogen) atoms. The lowest BCUT2D eigenvalue weighted by atomic mass is 10.3. The molecule has 0 unspecified atom stereocenters. The largest absolute Gasteiger partial charge is 0.272 e. The zero-order valence-corrected chi connectivity index (χ0v) is 12.6. The molecule has 2 aromatic rings. The van der Waals surface area contributed by atoms with Gasteiger partial charge in [-0.15, -0.1) is 0 Å². The zero-order valence-electron chi connectivity index (χ0n) is 11.8. The van der Waals surface area contributed by atoms with Gasteiger partial charge in [-0.1, -0.05) is 0 Å². The first-order valence-electron chi connectivity index (χ1n) is 6.45. The fraction of sp³-hybridized carbons (Fsp3) is 0.500. The van der Waals surface area contributed by atoms with E-state index in [1.165, 1.54) is 12.4 Å². The van der Waals surface area contributed by atoms with E-state index in [9.17, 15) is 8.42 Å². The van der Waals surface area contributed by atoms with E-state index in [0.717, 1.165) is 5.56 Å². The number of nitrogens with one attached hydrogen (secondary N) is 1. The molecule has 0 saturated heterocycles. The zero-order chi connectivity index (χ0) is 14.8. The Morgan fingerprint density at radius 3 is 2.60 bits per heavy atom. The highest BCUT2D eigenvalue weighted by Crippen LogP contribution is 2.09. The molecule has 1 N–H and O–H groups in total. The predicted octanol–water partition coefficient (Wildman–Crippen LogP) is 0.947. The highest BCUT2D eigenvalue weighted by atomic mass is 32.2. The van der Waals surface area contributed by atoms with Crippen LogP contribution in [-0.4, -0.2) is 34.5 Å². The maximum absolute atomic E-state index is 12.1. The number of aryl methyl sites for hydroxylation is 2. The number of aromatic nitrogens is 4. The van der Waals surface area contributed by atoms with Crippen LogP contribution >= 0.6 is 0 Å². The minimum absolute atomic E-state index is 0.0558. The van der Waals surface area contributed by atoms with Gasteiger partial charge in [-0.05, 0) is 26.3 Å². The molecule has 2 aromatic heterocycles. The number of rotatable bonds is 6. The summed E-state index contributed by atoms with van der Waals surface area (Å²) in [7, 11) is -3.52. The quantitative estimate of drug-likeness (QED) is 0.860. The van der Waals surface area contributed by atoms with Crippen LogP contribution in [0.3, 0.4) is 0 Å². The van der Waals surface area contributed by atoms with Gasteiger partial charge in [0.2, 0.25) is 10.0 Å². The summed E-state index contributed by atoms with van der Waals surface area (Å²) in [5, 5.41) is 8.14. The summed E-state index contributed by atoms with van der Waals surface area (Å²) in [6, 6.07) is -0.0558. The topological polar surface area (TPSA) is 81.8 Å². The van der Waals surface area contributed by atoms with Crippen molar-refractivity contribution in [1.82, 2.24) is 24.3 Å². The first kappa shape index (κ1) is 14.7. The fourth-order valence-electron chi connectivity index (χ4n) is 1.74. The van der Waals surface area contributed by atoms with E-state index in [1.807, 2.05) is 27.0 Å². The van der Waals surface area contributed by atoms with Crippen molar-refractivity contribution in [2.45, 2.75) is 38.3 Å². The number of nitrogens with zero attached hydrogens (tertiary/aromatic N) is 4. The molecule has 7 nitrogen and oxygen atoms in total. The molecule has 0 fully saturated rings. The molecule has 1 atom stereocenters. The van der Waals surface area contributed by atoms with E-state index in [4.69, 9.17) is 0 Å². The molecule has 0 aliphatic heterocycles. The van der Waals surface area contributed by atoms with Crippen LogP contribution in [0.5, 0.6) is 0 Å². The van der Waals surface area contributed by atoms with Gasteiger partial charge in [0.1, 0.15) is 4.90 Å². The van der Waals surface area contributed by atoms with Gasteiger partial charge in [-0.3, -0.25) is 9.36 Å². The first-order chi connectivity index (χ1) is 9.42. The average Bonchev–Trinajstić information content (AvgIpc) is 3.04. The Kier molecular flexibility index (Phi) is 4.24. The second-order valence-corrected chi connectivity index (χ2v) is 6.50. The van der Waals surface area contributed by atoms with Crippen LogP contribution in [0.1, 0.15) is 25.5 Å². The van der Waals surface area contributed by atoms with Crippen molar-refractivity contribution in [2.24, 2.45) is 0 Å². The van der Waals surface area contributed by atoms with Gasteiger partial charge >= 0.3 is 0 Å². The van der Waals surface area contributed by atoms with E-state index >= 15 is 0 Å². The minimum Gasteiger partial charge on any atom is -0.272 e. The van der Waals surface area contributed by atoms with Gasteiger partial charge in [-0.25, -0.2) is 13.1 Å². The summed E-state index contributed by atoms with van der Waals surface area (Å²) in [6.07, 6.45) is 6.50. The van der Waals surface area contributed by atoms with Crippen molar-refractivity contribution < 1.29 is 8.42 Å². The third-order valence-corrected chi connectivity index (χ3v) is 4.37. The Morgan fingerprint density at radius 1 is 1.30 bits per heavy atom. The lowest BCUT2D eigenvalue weighted by Gasteiger charge is -2.12. The molecule has 0 bridgehead atoms. The first-order valence-corrected chi connectivity index (χ1v) is 7.93. The van der Waals surface area contributed by atoms with E-state index < -0.39 is 10.0 Å². The van der Waals surface area contributed by atoms with Crippen molar-refractivity contribution in [2.75, 3.05) is 6.54 Å². The molecule has 2 rings (SSSR count). The summed E-state index contributed by atoms with van der Waals surface area (Å²) >= 11 is 0. The monoisotopic (exact) mass is 297 g/mol. The number of hydrogen-bond donors (Lipinski definition) is 1. The van der Waals surface area contributed by atoms with Crippen LogP contribution in [0.2, 0.25) is 0 Å². The molecular weight excluding hydrogens is 278 g/mol. The number of sulfonamides is 1. The molecular formula is C12H19N5O2S.